The van der Waals surface area contributed by atoms with E-state index >= 15 is 0 Å². The molecule has 0 radical (unpaired) electrons. The average Bonchev–Trinajstić information content (AvgIpc) is 2.55. The molecule has 0 unspecified atom stereocenters. The molecule has 112 valence electrons. The molecule has 2 aromatic carbocycles. The maximum Gasteiger partial charge on any atom is 0.119 e. The minimum Gasteiger partial charge on any atom is -0.489 e. The summed E-state index contributed by atoms with van der Waals surface area (Å²) in [6.07, 6.45) is 0. The third kappa shape index (κ3) is 4.46. The van der Waals surface area contributed by atoms with Crippen molar-refractivity contribution in [3.63, 3.8) is 0 Å². The summed E-state index contributed by atoms with van der Waals surface area (Å²) < 4.78 is 11.3. The number of ether oxygens (including phenoxy) is 2. The Kier molecular flexibility index (Phi) is 6.05. The number of rotatable bonds is 4. The molecule has 3 rings (SSSR count). The van der Waals surface area contributed by atoms with Crippen molar-refractivity contribution < 1.29 is 9.47 Å². The van der Waals surface area contributed by atoms with Crippen LogP contribution in [-0.4, -0.2) is 19.8 Å². The molecule has 3 nitrogen and oxygen atoms in total. The quantitative estimate of drug-likeness (QED) is 0.939. The van der Waals surface area contributed by atoms with Crippen LogP contribution in [0.5, 0.6) is 5.75 Å². The van der Waals surface area contributed by atoms with Crippen molar-refractivity contribution in [1.29, 1.82) is 0 Å². The number of hydrogen-bond acceptors (Lipinski definition) is 3. The highest BCUT2D eigenvalue weighted by atomic mass is 35.5. The van der Waals surface area contributed by atoms with Crippen LogP contribution in [0.4, 0.5) is 0 Å². The van der Waals surface area contributed by atoms with Gasteiger partial charge in [-0.3, -0.25) is 0 Å². The van der Waals surface area contributed by atoms with Gasteiger partial charge in [-0.2, -0.15) is 0 Å². The lowest BCUT2D eigenvalue weighted by molar-refractivity contribution is 0.0768. The minimum absolute atomic E-state index is 0. The lowest BCUT2D eigenvalue weighted by atomic mass is 10.1. The summed E-state index contributed by atoms with van der Waals surface area (Å²) in [6, 6.07) is 18.7. The lowest BCUT2D eigenvalue weighted by Gasteiger charge is -2.24. The van der Waals surface area contributed by atoms with Crippen LogP contribution < -0.4 is 10.1 Å². The van der Waals surface area contributed by atoms with Crippen LogP contribution in [0.15, 0.2) is 54.6 Å². The predicted molar refractivity (Wildman–Crippen MR) is 86.0 cm³/mol. The second-order valence-electron chi connectivity index (χ2n) is 4.92. The second kappa shape index (κ2) is 8.03. The summed E-state index contributed by atoms with van der Waals surface area (Å²) in [5.41, 5.74) is 2.43. The van der Waals surface area contributed by atoms with Gasteiger partial charge in [-0.15, -0.1) is 12.4 Å². The van der Waals surface area contributed by atoms with E-state index in [9.17, 15) is 0 Å². The Morgan fingerprint density at radius 1 is 1.05 bits per heavy atom. The highest BCUT2D eigenvalue weighted by Crippen LogP contribution is 2.20. The first-order valence-corrected chi connectivity index (χ1v) is 6.99. The maximum atomic E-state index is 5.78. The Hall–Kier alpha value is -1.55. The fraction of sp³-hybridized carbons (Fsp3) is 0.294. The van der Waals surface area contributed by atoms with Crippen molar-refractivity contribution >= 4 is 12.4 Å². The topological polar surface area (TPSA) is 30.5 Å². The van der Waals surface area contributed by atoms with Crippen LogP contribution in [0.2, 0.25) is 0 Å². The first-order valence-electron chi connectivity index (χ1n) is 6.99. The van der Waals surface area contributed by atoms with E-state index in [1.807, 2.05) is 30.3 Å². The van der Waals surface area contributed by atoms with E-state index in [1.54, 1.807) is 0 Å². The number of hydrogen-bond donors (Lipinski definition) is 1. The van der Waals surface area contributed by atoms with E-state index in [0.29, 0.717) is 12.6 Å². The molecule has 0 aromatic heterocycles. The Labute approximate surface area is 131 Å². The van der Waals surface area contributed by atoms with E-state index < -0.39 is 0 Å². The van der Waals surface area contributed by atoms with Crippen LogP contribution in [0.1, 0.15) is 17.2 Å². The van der Waals surface area contributed by atoms with Crippen molar-refractivity contribution in [2.24, 2.45) is 0 Å². The highest BCUT2D eigenvalue weighted by molar-refractivity contribution is 5.85. The molecule has 1 heterocycles. The van der Waals surface area contributed by atoms with Crippen molar-refractivity contribution in [2.75, 3.05) is 19.8 Å². The van der Waals surface area contributed by atoms with Crippen LogP contribution in [0.3, 0.4) is 0 Å². The number of halogens is 1. The summed E-state index contributed by atoms with van der Waals surface area (Å²) in [4.78, 5) is 0. The second-order valence-corrected chi connectivity index (χ2v) is 4.92. The molecule has 0 saturated carbocycles. The van der Waals surface area contributed by atoms with Gasteiger partial charge in [-0.25, -0.2) is 0 Å². The fourth-order valence-electron chi connectivity index (χ4n) is 2.32. The minimum atomic E-state index is 0. The van der Waals surface area contributed by atoms with Crippen LogP contribution in [-0.2, 0) is 11.3 Å². The van der Waals surface area contributed by atoms with Crippen LogP contribution in [0.25, 0.3) is 0 Å². The van der Waals surface area contributed by atoms with E-state index in [0.717, 1.165) is 25.5 Å². The molecular weight excluding hydrogens is 286 g/mol. The normalized spacial score (nSPS) is 17.8. The van der Waals surface area contributed by atoms with Gasteiger partial charge in [0.2, 0.25) is 0 Å². The first kappa shape index (κ1) is 15.8. The van der Waals surface area contributed by atoms with E-state index in [-0.39, 0.29) is 12.4 Å². The molecule has 1 aliphatic heterocycles. The maximum absolute atomic E-state index is 5.78. The van der Waals surface area contributed by atoms with Crippen LogP contribution >= 0.6 is 12.4 Å². The van der Waals surface area contributed by atoms with Gasteiger partial charge >= 0.3 is 0 Å². The van der Waals surface area contributed by atoms with Gasteiger partial charge in [0.1, 0.15) is 12.4 Å². The molecule has 0 spiro atoms. The lowest BCUT2D eigenvalue weighted by Crippen LogP contribution is -2.34. The van der Waals surface area contributed by atoms with Gasteiger partial charge < -0.3 is 14.8 Å². The molecule has 0 bridgehead atoms. The Bertz CT molecular complexity index is 524. The summed E-state index contributed by atoms with van der Waals surface area (Å²) in [6.45, 7) is 3.06. The molecule has 1 N–H and O–H groups in total. The zero-order valence-electron chi connectivity index (χ0n) is 11.8. The van der Waals surface area contributed by atoms with E-state index in [2.05, 4.69) is 29.6 Å². The van der Waals surface area contributed by atoms with Gasteiger partial charge in [0.05, 0.1) is 19.3 Å². The molecule has 4 heteroatoms. The SMILES string of the molecule is Cl.c1ccc(COc2ccc([C@@H]3COCCN3)cc2)cc1. The molecule has 1 fully saturated rings. The Balaban J connectivity index is 0.00000161. The zero-order valence-corrected chi connectivity index (χ0v) is 12.6. The molecule has 1 atom stereocenters. The molecule has 1 saturated heterocycles. The molecule has 21 heavy (non-hydrogen) atoms. The number of morpholine rings is 1. The Morgan fingerprint density at radius 3 is 2.48 bits per heavy atom. The standard InChI is InChI=1S/C17H19NO2.ClH/c1-2-4-14(5-3-1)12-20-16-8-6-15(7-9-16)17-13-19-11-10-18-17;/h1-9,17-18H,10-13H2;1H/t17-;/m0./s1. The highest BCUT2D eigenvalue weighted by Gasteiger charge is 2.14. The van der Waals surface area contributed by atoms with Gasteiger partial charge in [-0.1, -0.05) is 42.5 Å². The van der Waals surface area contributed by atoms with Gasteiger partial charge in [-0.05, 0) is 23.3 Å². The molecular formula is C17H20ClNO2. The van der Waals surface area contributed by atoms with Crippen LogP contribution in [0, 0.1) is 0 Å². The summed E-state index contributed by atoms with van der Waals surface area (Å²) >= 11 is 0. The van der Waals surface area contributed by atoms with Crippen molar-refractivity contribution in [3.8, 4) is 5.75 Å². The third-order valence-electron chi connectivity index (χ3n) is 3.45. The molecule has 0 amide bonds. The van der Waals surface area contributed by atoms with E-state index in [4.69, 9.17) is 9.47 Å². The molecule has 2 aromatic rings. The van der Waals surface area contributed by atoms with Gasteiger partial charge in [0.25, 0.3) is 0 Å². The monoisotopic (exact) mass is 305 g/mol. The van der Waals surface area contributed by atoms with Crippen molar-refractivity contribution in [1.82, 2.24) is 5.32 Å². The Morgan fingerprint density at radius 2 is 1.81 bits per heavy atom. The smallest absolute Gasteiger partial charge is 0.119 e. The average molecular weight is 306 g/mol. The summed E-state index contributed by atoms with van der Waals surface area (Å²) in [5, 5.41) is 3.45. The van der Waals surface area contributed by atoms with E-state index in [1.165, 1.54) is 11.1 Å². The van der Waals surface area contributed by atoms with Crippen molar-refractivity contribution in [2.45, 2.75) is 12.6 Å². The fourth-order valence-corrected chi connectivity index (χ4v) is 2.32. The molecule has 1 aliphatic rings. The van der Waals surface area contributed by atoms with Crippen molar-refractivity contribution in [3.05, 3.63) is 65.7 Å². The number of nitrogens with one attached hydrogen (secondary N) is 1. The number of benzene rings is 2. The molecule has 0 aliphatic carbocycles. The predicted octanol–water partition coefficient (Wildman–Crippen LogP) is 3.35. The summed E-state index contributed by atoms with van der Waals surface area (Å²) in [7, 11) is 0. The van der Waals surface area contributed by atoms with Gasteiger partial charge in [0, 0.05) is 6.54 Å². The largest absolute Gasteiger partial charge is 0.489 e. The zero-order chi connectivity index (χ0) is 13.6. The first-order chi connectivity index (χ1) is 9.92. The van der Waals surface area contributed by atoms with Gasteiger partial charge in [0.15, 0.2) is 0 Å². The third-order valence-corrected chi connectivity index (χ3v) is 3.45. The summed E-state index contributed by atoms with van der Waals surface area (Å²) in [5.74, 6) is 0.898.